The van der Waals surface area contributed by atoms with Crippen molar-refractivity contribution in [2.24, 2.45) is 5.41 Å². The average molecular weight is 680 g/mol. The average Bonchev–Trinajstić information content (AvgIpc) is 3.54. The third kappa shape index (κ3) is 7.52. The molecule has 4 aromatic rings. The number of carbonyl (C=O) groups is 1. The van der Waals surface area contributed by atoms with E-state index in [1.54, 1.807) is 23.1 Å². The zero-order valence-corrected chi connectivity index (χ0v) is 29.3. The van der Waals surface area contributed by atoms with Crippen LogP contribution in [0, 0.1) is 30.6 Å². The maximum Gasteiger partial charge on any atom is 0.264 e. The van der Waals surface area contributed by atoms with Crippen molar-refractivity contribution in [2.45, 2.75) is 77.4 Å². The highest BCUT2D eigenvalue weighted by Gasteiger charge is 2.32. The first kappa shape index (κ1) is 33.9. The van der Waals surface area contributed by atoms with E-state index in [0.717, 1.165) is 36.1 Å². The zero-order valence-electron chi connectivity index (χ0n) is 28.5. The molecule has 0 saturated carbocycles. The summed E-state index contributed by atoms with van der Waals surface area (Å²) in [6, 6.07) is 20.9. The normalized spacial score (nSPS) is 19.1. The van der Waals surface area contributed by atoms with Gasteiger partial charge < -0.3 is 14.5 Å². The number of benzene rings is 2. The van der Waals surface area contributed by atoms with E-state index in [9.17, 15) is 18.5 Å². The van der Waals surface area contributed by atoms with Crippen LogP contribution in [0.4, 0.5) is 11.8 Å². The van der Waals surface area contributed by atoms with Gasteiger partial charge in [-0.3, -0.25) is 4.79 Å². The number of rotatable bonds is 5. The third-order valence-corrected chi connectivity index (χ3v) is 10.2. The predicted octanol–water partition coefficient (Wildman–Crippen LogP) is 6.29. The highest BCUT2D eigenvalue weighted by Crippen LogP contribution is 2.32. The summed E-state index contributed by atoms with van der Waals surface area (Å²) in [5.41, 5.74) is 3.95. The fourth-order valence-corrected chi connectivity index (χ4v) is 7.60. The van der Waals surface area contributed by atoms with Crippen LogP contribution in [-0.2, 0) is 16.6 Å². The van der Waals surface area contributed by atoms with E-state index in [1.165, 1.54) is 12.1 Å². The quantitative estimate of drug-likeness (QED) is 0.258. The lowest BCUT2D eigenvalue weighted by atomic mass is 9.87. The number of fused-ring (bicyclic) bond motifs is 4. The minimum Gasteiger partial charge on any atom is -0.475 e. The lowest BCUT2D eigenvalue weighted by Gasteiger charge is -2.35. The van der Waals surface area contributed by atoms with Crippen LogP contribution < -0.4 is 14.4 Å². The number of nitriles is 1. The van der Waals surface area contributed by atoms with Crippen LogP contribution >= 0.6 is 0 Å². The fourth-order valence-electron chi connectivity index (χ4n) is 6.61. The van der Waals surface area contributed by atoms with Crippen molar-refractivity contribution >= 4 is 27.7 Å². The Morgan fingerprint density at radius 1 is 1.00 bits per heavy atom. The molecule has 2 aliphatic heterocycles. The lowest BCUT2D eigenvalue weighted by Crippen LogP contribution is -2.45. The van der Waals surface area contributed by atoms with Gasteiger partial charge in [-0.2, -0.15) is 10.2 Å². The van der Waals surface area contributed by atoms with E-state index in [-0.39, 0.29) is 52.8 Å². The lowest BCUT2D eigenvalue weighted by molar-refractivity contribution is 0.0509. The van der Waals surface area contributed by atoms with Crippen LogP contribution in [0.1, 0.15) is 67.2 Å². The Morgan fingerprint density at radius 2 is 1.73 bits per heavy atom. The van der Waals surface area contributed by atoms with Gasteiger partial charge in [0.1, 0.15) is 18.5 Å². The number of ether oxygens (including phenoxy) is 1. The number of aromatic nitrogens is 3. The number of hydrogen-bond acceptors (Lipinski definition) is 9. The second-order valence-corrected chi connectivity index (χ2v) is 15.6. The van der Waals surface area contributed by atoms with Gasteiger partial charge in [-0.25, -0.2) is 23.1 Å². The summed E-state index contributed by atoms with van der Waals surface area (Å²) >= 11 is 0. The molecule has 4 heterocycles. The first-order valence-corrected chi connectivity index (χ1v) is 17.9. The smallest absolute Gasteiger partial charge is 0.264 e. The number of aryl methyl sites for hydroxylation is 2. The fraction of sp³-hybridized carbons (Fsp3) is 0.378. The number of nitrogens with one attached hydrogen (secondary N) is 1. The van der Waals surface area contributed by atoms with E-state index >= 15 is 0 Å². The summed E-state index contributed by atoms with van der Waals surface area (Å²) in [6.45, 7) is 11.2. The molecule has 49 heavy (non-hydrogen) atoms. The maximum atomic E-state index is 14.5. The molecular weight excluding hydrogens is 639 g/mol. The standard InChI is InChI=1S/C37H41N7O4S/c1-24-10-6-11-25(2)34(24)31-19-33-41-36(40-31)42-49(46,47)30-15-7-12-26(18-30)35(45)44(29(23-48-33)20-37(3,4)5)22-27-13-8-16-32(39-27)43-17-9-14-28(43)21-38/h6-8,10-13,15-16,18-19,28-29H,9,14,17,20,22-23H2,1-5H3,(H,40,41,42)/t28-,29+/m0/s1. The number of hydrogen-bond donors (Lipinski definition) is 1. The minimum atomic E-state index is -4.19. The number of sulfonamides is 1. The van der Waals surface area contributed by atoms with Gasteiger partial charge in [0.2, 0.25) is 11.8 Å². The van der Waals surface area contributed by atoms with Gasteiger partial charge in [-0.15, -0.1) is 0 Å². The first-order chi connectivity index (χ1) is 23.3. The number of anilines is 2. The van der Waals surface area contributed by atoms with Gasteiger partial charge in [-0.1, -0.05) is 51.1 Å². The minimum absolute atomic E-state index is 0.0838. The molecule has 2 aliphatic rings. The van der Waals surface area contributed by atoms with Crippen LogP contribution in [-0.4, -0.2) is 59.4 Å². The van der Waals surface area contributed by atoms with E-state index in [1.807, 2.05) is 55.1 Å². The molecule has 2 aromatic heterocycles. The highest BCUT2D eigenvalue weighted by atomic mass is 32.2. The molecule has 12 heteroatoms. The Balaban J connectivity index is 1.47. The molecule has 1 saturated heterocycles. The molecule has 11 nitrogen and oxygen atoms in total. The van der Waals surface area contributed by atoms with Gasteiger partial charge in [0.15, 0.2) is 0 Å². The highest BCUT2D eigenvalue weighted by molar-refractivity contribution is 7.92. The predicted molar refractivity (Wildman–Crippen MR) is 188 cm³/mol. The Labute approximate surface area is 288 Å². The van der Waals surface area contributed by atoms with Gasteiger partial charge in [-0.05, 0) is 80.0 Å². The molecule has 2 aromatic carbocycles. The SMILES string of the molecule is Cc1cccc(C)c1-c1cc2nc(n1)NS(=O)(=O)c1cccc(c1)C(=O)N(Cc1cccc(N3CCC[C@H]3C#N)n1)[C@H](CC(C)(C)C)CO2. The summed E-state index contributed by atoms with van der Waals surface area (Å²) in [5.74, 6) is 0.384. The Kier molecular flexibility index (Phi) is 9.31. The van der Waals surface area contributed by atoms with Crippen LogP contribution in [0.25, 0.3) is 11.3 Å². The van der Waals surface area contributed by atoms with Crippen LogP contribution in [0.5, 0.6) is 5.88 Å². The van der Waals surface area contributed by atoms with Crippen molar-refractivity contribution < 1.29 is 17.9 Å². The van der Waals surface area contributed by atoms with Crippen molar-refractivity contribution in [3.05, 3.63) is 89.1 Å². The second-order valence-electron chi connectivity index (χ2n) is 13.9. The van der Waals surface area contributed by atoms with Crippen LogP contribution in [0.2, 0.25) is 0 Å². The molecule has 0 aliphatic carbocycles. The summed E-state index contributed by atoms with van der Waals surface area (Å²) in [6.07, 6.45) is 2.25. The molecule has 0 radical (unpaired) electrons. The molecule has 0 spiro atoms. The number of pyridine rings is 1. The van der Waals surface area contributed by atoms with Gasteiger partial charge in [0.05, 0.1) is 34.9 Å². The van der Waals surface area contributed by atoms with Gasteiger partial charge in [0.25, 0.3) is 15.9 Å². The van der Waals surface area contributed by atoms with E-state index in [0.29, 0.717) is 23.6 Å². The number of amides is 1. The molecule has 1 N–H and O–H groups in total. The van der Waals surface area contributed by atoms with Crippen molar-refractivity contribution in [2.75, 3.05) is 22.8 Å². The topological polar surface area (TPSA) is 141 Å². The molecule has 0 unspecified atom stereocenters. The molecule has 4 bridgehead atoms. The van der Waals surface area contributed by atoms with Gasteiger partial charge in [0, 0.05) is 23.7 Å². The molecular formula is C37H41N7O4S. The van der Waals surface area contributed by atoms with Crippen molar-refractivity contribution in [3.63, 3.8) is 0 Å². The third-order valence-electron chi connectivity index (χ3n) is 8.85. The van der Waals surface area contributed by atoms with Crippen molar-refractivity contribution in [3.8, 4) is 23.2 Å². The number of carbonyl (C=O) groups excluding carboxylic acids is 1. The van der Waals surface area contributed by atoms with Crippen molar-refractivity contribution in [1.29, 1.82) is 5.26 Å². The Morgan fingerprint density at radius 3 is 2.47 bits per heavy atom. The summed E-state index contributed by atoms with van der Waals surface area (Å²) < 4.78 is 36.3. The van der Waals surface area contributed by atoms with E-state index < -0.39 is 16.1 Å². The molecule has 2 atom stereocenters. The van der Waals surface area contributed by atoms with Crippen LogP contribution in [0.3, 0.4) is 0 Å². The summed E-state index contributed by atoms with van der Waals surface area (Å²) in [5, 5.41) is 9.69. The largest absolute Gasteiger partial charge is 0.475 e. The summed E-state index contributed by atoms with van der Waals surface area (Å²) in [4.78, 5) is 32.1. The van der Waals surface area contributed by atoms with Crippen molar-refractivity contribution in [1.82, 2.24) is 19.9 Å². The number of nitrogens with zero attached hydrogens (tertiary/aromatic N) is 6. The maximum absolute atomic E-state index is 14.5. The Bertz CT molecular complexity index is 2020. The van der Waals surface area contributed by atoms with Gasteiger partial charge >= 0.3 is 0 Å². The van der Waals surface area contributed by atoms with Crippen LogP contribution in [0.15, 0.2) is 71.6 Å². The zero-order chi connectivity index (χ0) is 34.9. The Hall–Kier alpha value is -5.02. The first-order valence-electron chi connectivity index (χ1n) is 16.5. The van der Waals surface area contributed by atoms with E-state index in [2.05, 4.69) is 41.5 Å². The monoisotopic (exact) mass is 679 g/mol. The summed E-state index contributed by atoms with van der Waals surface area (Å²) in [7, 11) is -4.19. The second kappa shape index (κ2) is 13.5. The van der Waals surface area contributed by atoms with E-state index in [4.69, 9.17) is 9.72 Å². The molecule has 1 fully saturated rings. The molecule has 1 amide bonds. The molecule has 254 valence electrons. The molecule has 6 rings (SSSR count).